The molecule has 3 aromatic rings. The van der Waals surface area contributed by atoms with Crippen LogP contribution in [-0.4, -0.2) is 40.0 Å². The molecule has 1 amide bonds. The molecule has 1 fully saturated rings. The molecule has 8 heteroatoms. The summed E-state index contributed by atoms with van der Waals surface area (Å²) in [5.74, 6) is -3.90. The first-order valence-corrected chi connectivity index (χ1v) is 12.6. The van der Waals surface area contributed by atoms with E-state index in [1.807, 2.05) is 49.4 Å². The van der Waals surface area contributed by atoms with E-state index in [-0.39, 0.29) is 13.0 Å². The first kappa shape index (κ1) is 25.9. The molecule has 0 radical (unpaired) electrons. The topological polar surface area (TPSA) is 76.1 Å². The predicted molar refractivity (Wildman–Crippen MR) is 136 cm³/mol. The molecule has 1 aliphatic carbocycles. The maximum absolute atomic E-state index is 13.8. The van der Waals surface area contributed by atoms with Crippen LogP contribution in [0.5, 0.6) is 5.75 Å². The molecule has 1 aliphatic heterocycles. The van der Waals surface area contributed by atoms with Crippen LogP contribution in [0.1, 0.15) is 46.8 Å². The number of carbonyl (C=O) groups excluding carboxylic acids is 1. The molecule has 3 aromatic carbocycles. The fraction of sp³-hybridized carbons (Fsp3) is 0.333. The fourth-order valence-corrected chi connectivity index (χ4v) is 5.09. The lowest BCUT2D eigenvalue weighted by Crippen LogP contribution is -2.51. The normalized spacial score (nSPS) is 19.2. The smallest absolute Gasteiger partial charge is 0.326 e. The number of carboxylic acids is 1. The number of ether oxygens (including phenoxy) is 2. The summed E-state index contributed by atoms with van der Waals surface area (Å²) in [7, 11) is 0. The van der Waals surface area contributed by atoms with Crippen LogP contribution in [0, 0.1) is 6.92 Å². The lowest BCUT2D eigenvalue weighted by molar-refractivity contribution is -0.193. The summed E-state index contributed by atoms with van der Waals surface area (Å²) < 4.78 is 39.1. The second-order valence-electron chi connectivity index (χ2n) is 9.96. The van der Waals surface area contributed by atoms with Crippen molar-refractivity contribution in [3.8, 4) is 5.75 Å². The molecule has 0 saturated heterocycles. The molecule has 2 aliphatic rings. The van der Waals surface area contributed by atoms with Gasteiger partial charge in [-0.1, -0.05) is 72.8 Å². The number of carboxylic acid groups (broad SMARTS) is 1. The Morgan fingerprint density at radius 1 is 1.03 bits per heavy atom. The summed E-state index contributed by atoms with van der Waals surface area (Å²) in [6.45, 7) is 2.27. The van der Waals surface area contributed by atoms with E-state index in [2.05, 4.69) is 0 Å². The molecule has 198 valence electrons. The average molecular weight is 522 g/mol. The molecule has 1 heterocycles. The van der Waals surface area contributed by atoms with Crippen molar-refractivity contribution in [3.63, 3.8) is 0 Å². The van der Waals surface area contributed by atoms with Gasteiger partial charge in [0.15, 0.2) is 6.10 Å². The number of hydrogen-bond donors (Lipinski definition) is 1. The van der Waals surface area contributed by atoms with Gasteiger partial charge in [-0.15, -0.1) is 0 Å². The number of halogens is 2. The van der Waals surface area contributed by atoms with Crippen molar-refractivity contribution in [2.45, 2.75) is 63.5 Å². The minimum Gasteiger partial charge on any atom is -0.488 e. The average Bonchev–Trinajstić information content (AvgIpc) is 2.90. The number of amides is 1. The standard InChI is InChI=1S/C30H29F2NO5/c1-19-12-13-22-17-33(25(29(35)36)14-24(22)26(19)37-18-20-8-4-2-5-9-20)28(34)27(21-10-6-3-7-11-21)38-23-15-30(31,32)16-23/h2-13,23,25,27H,14-18H2,1H3,(H,35,36)/t25?,27-/m1/s1. The Labute approximate surface area is 219 Å². The molecule has 1 N–H and O–H groups in total. The number of hydrogen-bond acceptors (Lipinski definition) is 4. The van der Waals surface area contributed by atoms with Gasteiger partial charge in [0.2, 0.25) is 0 Å². The summed E-state index contributed by atoms with van der Waals surface area (Å²) in [4.78, 5) is 27.5. The summed E-state index contributed by atoms with van der Waals surface area (Å²) >= 11 is 0. The molecule has 0 spiro atoms. The molecule has 0 bridgehead atoms. The molecule has 5 rings (SSSR count). The fourth-order valence-electron chi connectivity index (χ4n) is 5.09. The number of nitrogens with zero attached hydrogens (tertiary/aromatic N) is 1. The summed E-state index contributed by atoms with van der Waals surface area (Å²) in [6.07, 6.45) is -2.82. The molecule has 1 unspecified atom stereocenters. The van der Waals surface area contributed by atoms with Crippen LogP contribution in [0.3, 0.4) is 0 Å². The number of alkyl halides is 2. The second kappa shape index (κ2) is 10.5. The van der Waals surface area contributed by atoms with Crippen molar-refractivity contribution in [2.24, 2.45) is 0 Å². The van der Waals surface area contributed by atoms with Crippen molar-refractivity contribution >= 4 is 11.9 Å². The highest BCUT2D eigenvalue weighted by molar-refractivity contribution is 5.88. The van der Waals surface area contributed by atoms with Crippen LogP contribution >= 0.6 is 0 Å². The van der Waals surface area contributed by atoms with E-state index >= 15 is 0 Å². The summed E-state index contributed by atoms with van der Waals surface area (Å²) in [6, 6.07) is 20.9. The number of rotatable bonds is 8. The van der Waals surface area contributed by atoms with Gasteiger partial charge in [-0.05, 0) is 29.2 Å². The van der Waals surface area contributed by atoms with Gasteiger partial charge in [-0.25, -0.2) is 13.6 Å². The van der Waals surface area contributed by atoms with Crippen LogP contribution in [0.25, 0.3) is 0 Å². The molecule has 38 heavy (non-hydrogen) atoms. The van der Waals surface area contributed by atoms with Gasteiger partial charge in [-0.2, -0.15) is 0 Å². The predicted octanol–water partition coefficient (Wildman–Crippen LogP) is 5.47. The Morgan fingerprint density at radius 3 is 2.32 bits per heavy atom. The lowest BCUT2D eigenvalue weighted by Gasteiger charge is -2.40. The van der Waals surface area contributed by atoms with Gasteiger partial charge in [0.05, 0.1) is 6.10 Å². The van der Waals surface area contributed by atoms with Crippen LogP contribution in [0.4, 0.5) is 8.78 Å². The number of aliphatic carboxylic acids is 1. The molecular formula is C30H29F2NO5. The Balaban J connectivity index is 1.43. The maximum Gasteiger partial charge on any atom is 0.326 e. The molecular weight excluding hydrogens is 492 g/mol. The zero-order chi connectivity index (χ0) is 26.9. The third kappa shape index (κ3) is 5.41. The third-order valence-electron chi connectivity index (χ3n) is 7.17. The van der Waals surface area contributed by atoms with Gasteiger partial charge in [-0.3, -0.25) is 4.79 Å². The van der Waals surface area contributed by atoms with E-state index in [1.165, 1.54) is 4.90 Å². The highest BCUT2D eigenvalue weighted by Crippen LogP contribution is 2.42. The van der Waals surface area contributed by atoms with Gasteiger partial charge in [0.25, 0.3) is 11.8 Å². The first-order chi connectivity index (χ1) is 18.2. The van der Waals surface area contributed by atoms with Crippen molar-refractivity contribution in [3.05, 3.63) is 101 Å². The number of fused-ring (bicyclic) bond motifs is 1. The van der Waals surface area contributed by atoms with Crippen molar-refractivity contribution in [1.82, 2.24) is 4.90 Å². The Kier molecular flexibility index (Phi) is 7.17. The number of carbonyl (C=O) groups is 2. The van der Waals surface area contributed by atoms with Crippen LogP contribution in [0.2, 0.25) is 0 Å². The Bertz CT molecular complexity index is 1310. The Hall–Kier alpha value is -3.78. The highest BCUT2D eigenvalue weighted by atomic mass is 19.3. The minimum atomic E-state index is -2.81. The summed E-state index contributed by atoms with van der Waals surface area (Å²) in [5.41, 5.74) is 3.90. The quantitative estimate of drug-likeness (QED) is 0.426. The maximum atomic E-state index is 13.8. The van der Waals surface area contributed by atoms with Gasteiger partial charge >= 0.3 is 5.97 Å². The second-order valence-corrected chi connectivity index (χ2v) is 9.96. The van der Waals surface area contributed by atoms with Gasteiger partial charge in [0.1, 0.15) is 18.4 Å². The zero-order valence-electron chi connectivity index (χ0n) is 21.0. The number of aryl methyl sites for hydroxylation is 1. The van der Waals surface area contributed by atoms with E-state index in [9.17, 15) is 23.5 Å². The SMILES string of the molecule is Cc1ccc2c(c1OCc1ccccc1)CC(C(=O)O)N(C(=O)[C@H](OC1CC(F)(F)C1)c1ccccc1)C2. The van der Waals surface area contributed by atoms with E-state index in [0.29, 0.717) is 17.9 Å². The number of benzene rings is 3. The monoisotopic (exact) mass is 521 g/mol. The molecule has 0 aromatic heterocycles. The van der Waals surface area contributed by atoms with Crippen molar-refractivity contribution in [1.29, 1.82) is 0 Å². The van der Waals surface area contributed by atoms with Crippen LogP contribution < -0.4 is 4.74 Å². The highest BCUT2D eigenvalue weighted by Gasteiger charge is 2.49. The van der Waals surface area contributed by atoms with Crippen LogP contribution in [-0.2, 0) is 33.9 Å². The molecule has 2 atom stereocenters. The van der Waals surface area contributed by atoms with Gasteiger partial charge < -0.3 is 19.5 Å². The van der Waals surface area contributed by atoms with E-state index < -0.39 is 48.9 Å². The van der Waals surface area contributed by atoms with Crippen molar-refractivity contribution < 1.29 is 33.0 Å². The summed E-state index contributed by atoms with van der Waals surface area (Å²) in [5, 5.41) is 10.1. The first-order valence-electron chi connectivity index (χ1n) is 12.6. The third-order valence-corrected chi connectivity index (χ3v) is 7.17. The molecule has 6 nitrogen and oxygen atoms in total. The van der Waals surface area contributed by atoms with E-state index in [1.54, 1.807) is 30.3 Å². The molecule has 1 saturated carbocycles. The van der Waals surface area contributed by atoms with Crippen molar-refractivity contribution in [2.75, 3.05) is 0 Å². The zero-order valence-corrected chi connectivity index (χ0v) is 21.0. The largest absolute Gasteiger partial charge is 0.488 e. The minimum absolute atomic E-state index is 0.0423. The van der Waals surface area contributed by atoms with E-state index in [0.717, 1.165) is 22.3 Å². The van der Waals surface area contributed by atoms with E-state index in [4.69, 9.17) is 9.47 Å². The Morgan fingerprint density at radius 2 is 1.68 bits per heavy atom. The lowest BCUT2D eigenvalue weighted by atomic mass is 9.89. The van der Waals surface area contributed by atoms with Gasteiger partial charge in [0, 0.05) is 31.4 Å². The van der Waals surface area contributed by atoms with Crippen LogP contribution in [0.15, 0.2) is 72.8 Å².